The molecule has 6 nitrogen and oxygen atoms in total. The highest BCUT2D eigenvalue weighted by molar-refractivity contribution is 5.85. The summed E-state index contributed by atoms with van der Waals surface area (Å²) in [7, 11) is 0. The van der Waals surface area contributed by atoms with Crippen molar-refractivity contribution in [3.63, 3.8) is 0 Å². The number of hydrazone groups is 1. The molecule has 0 saturated heterocycles. The zero-order valence-corrected chi connectivity index (χ0v) is 9.27. The van der Waals surface area contributed by atoms with E-state index in [-0.39, 0.29) is 6.42 Å². The molecule has 1 rings (SSSR count). The van der Waals surface area contributed by atoms with Crippen LogP contribution in [0.1, 0.15) is 25.5 Å². The van der Waals surface area contributed by atoms with E-state index in [1.807, 2.05) is 13.0 Å². The molecule has 0 fully saturated rings. The maximum Gasteiger partial charge on any atom is 0.303 e. The van der Waals surface area contributed by atoms with Crippen LogP contribution in [0.3, 0.4) is 0 Å². The van der Waals surface area contributed by atoms with Gasteiger partial charge < -0.3 is 5.11 Å². The number of aryl methyl sites for hydroxylation is 1. The van der Waals surface area contributed by atoms with Gasteiger partial charge in [-0.1, -0.05) is 0 Å². The van der Waals surface area contributed by atoms with Crippen molar-refractivity contribution in [3.05, 3.63) is 17.8 Å². The van der Waals surface area contributed by atoms with Crippen molar-refractivity contribution in [1.82, 2.24) is 10.2 Å². The topological polar surface area (TPSA) is 87.5 Å². The van der Waals surface area contributed by atoms with Crippen LogP contribution in [0.25, 0.3) is 0 Å². The van der Waals surface area contributed by atoms with Crippen LogP contribution in [0.15, 0.2) is 17.2 Å². The number of carboxylic acid groups (broad SMARTS) is 1. The number of nitrogens with one attached hydrogen (secondary N) is 1. The van der Waals surface area contributed by atoms with E-state index in [1.54, 1.807) is 13.0 Å². The number of hydrogen-bond donors (Lipinski definition) is 2. The Morgan fingerprint density at radius 3 is 2.75 bits per heavy atom. The number of carbonyl (C=O) groups is 1. The molecular weight excluding hydrogens is 208 g/mol. The molecule has 0 atom stereocenters. The molecule has 0 unspecified atom stereocenters. The van der Waals surface area contributed by atoms with Crippen molar-refractivity contribution in [2.75, 3.05) is 5.43 Å². The van der Waals surface area contributed by atoms with Crippen LogP contribution in [0, 0.1) is 6.92 Å². The van der Waals surface area contributed by atoms with E-state index < -0.39 is 5.97 Å². The first kappa shape index (κ1) is 12.1. The summed E-state index contributed by atoms with van der Waals surface area (Å²) in [4.78, 5) is 10.3. The maximum atomic E-state index is 10.3. The first-order valence-electron chi connectivity index (χ1n) is 4.89. The van der Waals surface area contributed by atoms with Crippen molar-refractivity contribution in [2.24, 2.45) is 5.10 Å². The van der Waals surface area contributed by atoms with E-state index in [4.69, 9.17) is 5.11 Å². The Hall–Kier alpha value is -1.98. The van der Waals surface area contributed by atoms with Crippen molar-refractivity contribution in [3.8, 4) is 0 Å². The average Bonchev–Trinajstić information content (AvgIpc) is 2.25. The SMILES string of the molecule is CC(CCC(=O)O)=NNc1ccc(C)nn1. The van der Waals surface area contributed by atoms with Gasteiger partial charge in [-0.15, -0.1) is 5.10 Å². The van der Waals surface area contributed by atoms with Crippen LogP contribution in [0.5, 0.6) is 0 Å². The predicted octanol–water partition coefficient (Wildman–Crippen LogP) is 1.44. The fourth-order valence-corrected chi connectivity index (χ4v) is 0.955. The molecular formula is C10H14N4O2. The molecule has 0 aliphatic rings. The van der Waals surface area contributed by atoms with Crippen molar-refractivity contribution < 1.29 is 9.90 Å². The Bertz CT molecular complexity index is 386. The van der Waals surface area contributed by atoms with E-state index in [2.05, 4.69) is 20.7 Å². The van der Waals surface area contributed by atoms with Gasteiger partial charge in [0.05, 0.1) is 12.1 Å². The van der Waals surface area contributed by atoms with Crippen LogP contribution in [0.2, 0.25) is 0 Å². The van der Waals surface area contributed by atoms with Gasteiger partial charge in [-0.3, -0.25) is 10.2 Å². The predicted molar refractivity (Wildman–Crippen MR) is 60.4 cm³/mol. The molecule has 0 spiro atoms. The lowest BCUT2D eigenvalue weighted by Gasteiger charge is -2.00. The lowest BCUT2D eigenvalue weighted by Crippen LogP contribution is -2.03. The lowest BCUT2D eigenvalue weighted by molar-refractivity contribution is -0.136. The van der Waals surface area contributed by atoms with E-state index >= 15 is 0 Å². The highest BCUT2D eigenvalue weighted by Gasteiger charge is 1.99. The van der Waals surface area contributed by atoms with Gasteiger partial charge in [0.1, 0.15) is 0 Å². The molecule has 6 heteroatoms. The molecule has 0 aromatic carbocycles. The highest BCUT2D eigenvalue weighted by atomic mass is 16.4. The second-order valence-electron chi connectivity index (χ2n) is 3.41. The van der Waals surface area contributed by atoms with E-state index in [0.29, 0.717) is 18.0 Å². The summed E-state index contributed by atoms with van der Waals surface area (Å²) in [5.74, 6) is -0.287. The third-order valence-electron chi connectivity index (χ3n) is 1.86. The Labute approximate surface area is 93.4 Å². The second-order valence-corrected chi connectivity index (χ2v) is 3.41. The summed E-state index contributed by atoms with van der Waals surface area (Å²) < 4.78 is 0. The van der Waals surface area contributed by atoms with E-state index in [0.717, 1.165) is 5.69 Å². The number of carboxylic acids is 1. The number of aromatic nitrogens is 2. The van der Waals surface area contributed by atoms with E-state index in [9.17, 15) is 4.79 Å². The molecule has 16 heavy (non-hydrogen) atoms. The molecule has 2 N–H and O–H groups in total. The molecule has 0 radical (unpaired) electrons. The fraction of sp³-hybridized carbons (Fsp3) is 0.400. The minimum Gasteiger partial charge on any atom is -0.481 e. The number of hydrogen-bond acceptors (Lipinski definition) is 5. The van der Waals surface area contributed by atoms with Gasteiger partial charge in [0, 0.05) is 5.71 Å². The standard InChI is InChI=1S/C10H14N4O2/c1-7-3-5-9(13-11-7)14-12-8(2)4-6-10(15)16/h3,5H,4,6H2,1-2H3,(H,13,14)(H,15,16). The van der Waals surface area contributed by atoms with Crippen LogP contribution < -0.4 is 5.43 Å². The number of rotatable bonds is 5. The highest BCUT2D eigenvalue weighted by Crippen LogP contribution is 2.01. The number of anilines is 1. The third-order valence-corrected chi connectivity index (χ3v) is 1.86. The lowest BCUT2D eigenvalue weighted by atomic mass is 10.2. The Kier molecular flexibility index (Phi) is 4.38. The Morgan fingerprint density at radius 1 is 1.44 bits per heavy atom. The largest absolute Gasteiger partial charge is 0.481 e. The molecule has 86 valence electrons. The van der Waals surface area contributed by atoms with Gasteiger partial charge in [-0.2, -0.15) is 10.2 Å². The van der Waals surface area contributed by atoms with Crippen LogP contribution in [-0.2, 0) is 4.79 Å². The molecule has 0 aliphatic heterocycles. The van der Waals surface area contributed by atoms with E-state index in [1.165, 1.54) is 0 Å². The number of aliphatic carboxylic acids is 1. The van der Waals surface area contributed by atoms with Crippen LogP contribution >= 0.6 is 0 Å². The summed E-state index contributed by atoms with van der Waals surface area (Å²) in [6.07, 6.45) is 0.498. The Morgan fingerprint density at radius 2 is 2.19 bits per heavy atom. The molecule has 0 amide bonds. The van der Waals surface area contributed by atoms with Gasteiger partial charge in [-0.25, -0.2) is 0 Å². The molecule has 1 aromatic rings. The van der Waals surface area contributed by atoms with Crippen LogP contribution in [-0.4, -0.2) is 27.0 Å². The van der Waals surface area contributed by atoms with Crippen molar-refractivity contribution in [2.45, 2.75) is 26.7 Å². The first-order valence-corrected chi connectivity index (χ1v) is 4.89. The second kappa shape index (κ2) is 5.79. The van der Waals surface area contributed by atoms with Crippen molar-refractivity contribution in [1.29, 1.82) is 0 Å². The zero-order chi connectivity index (χ0) is 12.0. The summed E-state index contributed by atoms with van der Waals surface area (Å²) >= 11 is 0. The van der Waals surface area contributed by atoms with Crippen LogP contribution in [0.4, 0.5) is 5.82 Å². The maximum absolute atomic E-state index is 10.3. The smallest absolute Gasteiger partial charge is 0.303 e. The summed E-state index contributed by atoms with van der Waals surface area (Å²) in [6.45, 7) is 3.61. The molecule has 1 heterocycles. The van der Waals surface area contributed by atoms with Gasteiger partial charge in [0.2, 0.25) is 0 Å². The Balaban J connectivity index is 2.45. The molecule has 0 aliphatic carbocycles. The van der Waals surface area contributed by atoms with Gasteiger partial charge in [0.15, 0.2) is 5.82 Å². The molecule has 0 bridgehead atoms. The monoisotopic (exact) mass is 222 g/mol. The first-order chi connectivity index (χ1) is 7.58. The zero-order valence-electron chi connectivity index (χ0n) is 9.27. The van der Waals surface area contributed by atoms with Gasteiger partial charge in [0.25, 0.3) is 0 Å². The fourth-order valence-electron chi connectivity index (χ4n) is 0.955. The molecule has 0 saturated carbocycles. The minimum absolute atomic E-state index is 0.0800. The summed E-state index contributed by atoms with van der Waals surface area (Å²) in [5, 5.41) is 20.2. The average molecular weight is 222 g/mol. The summed E-state index contributed by atoms with van der Waals surface area (Å²) in [6, 6.07) is 3.58. The normalized spacial score (nSPS) is 11.2. The van der Waals surface area contributed by atoms with Gasteiger partial charge in [-0.05, 0) is 32.4 Å². The minimum atomic E-state index is -0.829. The van der Waals surface area contributed by atoms with Gasteiger partial charge >= 0.3 is 5.97 Å². The molecule has 1 aromatic heterocycles. The quantitative estimate of drug-likeness (QED) is 0.581. The van der Waals surface area contributed by atoms with Crippen molar-refractivity contribution >= 4 is 17.5 Å². The third kappa shape index (κ3) is 4.50. The summed E-state index contributed by atoms with van der Waals surface area (Å²) in [5.41, 5.74) is 4.26. The number of nitrogens with zero attached hydrogens (tertiary/aromatic N) is 3.